The number of ether oxygens (including phenoxy) is 1. The second-order valence-corrected chi connectivity index (χ2v) is 7.96. The Morgan fingerprint density at radius 2 is 1.78 bits per heavy atom. The zero-order chi connectivity index (χ0) is 20.0. The van der Waals surface area contributed by atoms with Crippen LogP contribution in [0.15, 0.2) is 65.1 Å². The van der Waals surface area contributed by atoms with Crippen LogP contribution in [0.1, 0.15) is 36.6 Å². The summed E-state index contributed by atoms with van der Waals surface area (Å²) in [5.74, 6) is -0.543. The first-order chi connectivity index (χ1) is 12.8. The van der Waals surface area contributed by atoms with Gasteiger partial charge in [0, 0.05) is 0 Å². The van der Waals surface area contributed by atoms with Gasteiger partial charge in [-0.15, -0.1) is 0 Å². The van der Waals surface area contributed by atoms with Gasteiger partial charge in [0.1, 0.15) is 0 Å². The maximum absolute atomic E-state index is 12.9. The smallest absolute Gasteiger partial charge is 0.335 e. The molecule has 1 unspecified atom stereocenters. The molecular formula is C21H25NO4S. The first-order valence-electron chi connectivity index (χ1n) is 8.77. The number of aryl methyl sites for hydroxylation is 2. The number of sulfonamides is 1. The van der Waals surface area contributed by atoms with Crippen LogP contribution in [0.3, 0.4) is 0 Å². The van der Waals surface area contributed by atoms with Crippen LogP contribution in [-0.2, 0) is 19.6 Å². The Labute approximate surface area is 161 Å². The number of rotatable bonds is 7. The van der Waals surface area contributed by atoms with Gasteiger partial charge in [-0.2, -0.15) is 4.72 Å². The van der Waals surface area contributed by atoms with E-state index < -0.39 is 22.0 Å². The van der Waals surface area contributed by atoms with Crippen LogP contribution in [0.25, 0.3) is 0 Å². The van der Waals surface area contributed by atoms with Gasteiger partial charge in [-0.3, -0.25) is 0 Å². The molecule has 0 bridgehead atoms. The van der Waals surface area contributed by atoms with Gasteiger partial charge in [0.2, 0.25) is 10.0 Å². The molecule has 2 rings (SSSR count). The molecule has 0 saturated heterocycles. The molecular weight excluding hydrogens is 362 g/mol. The monoisotopic (exact) mass is 387 g/mol. The second kappa shape index (κ2) is 8.97. The molecule has 0 fully saturated rings. The normalized spacial score (nSPS) is 13.3. The lowest BCUT2D eigenvalue weighted by molar-refractivity contribution is -0.138. The molecule has 6 heteroatoms. The lowest BCUT2D eigenvalue weighted by atomic mass is 9.98. The number of carbonyl (C=O) groups is 1. The summed E-state index contributed by atoms with van der Waals surface area (Å²) < 4.78 is 33.6. The summed E-state index contributed by atoms with van der Waals surface area (Å²) >= 11 is 0. The molecule has 0 amide bonds. The maximum atomic E-state index is 12.9. The van der Waals surface area contributed by atoms with Crippen molar-refractivity contribution < 1.29 is 17.9 Å². The molecule has 0 aliphatic heterocycles. The fourth-order valence-corrected chi connectivity index (χ4v) is 3.92. The highest BCUT2D eigenvalue weighted by molar-refractivity contribution is 7.89. The van der Waals surface area contributed by atoms with Crippen molar-refractivity contribution in [3.63, 3.8) is 0 Å². The van der Waals surface area contributed by atoms with Gasteiger partial charge in [0.05, 0.1) is 23.1 Å². The third-order valence-electron chi connectivity index (χ3n) is 4.11. The van der Waals surface area contributed by atoms with E-state index in [1.165, 1.54) is 0 Å². The molecule has 5 nitrogen and oxygen atoms in total. The van der Waals surface area contributed by atoms with Crippen molar-refractivity contribution in [3.8, 4) is 0 Å². The molecule has 2 aromatic rings. The van der Waals surface area contributed by atoms with Gasteiger partial charge >= 0.3 is 5.97 Å². The number of benzene rings is 2. The highest BCUT2D eigenvalue weighted by Gasteiger charge is 2.28. The standard InChI is InChI=1S/C21H25NO4S/c1-5-19(21(23)26-6-2)20(17-9-7-8-16(4)14-17)22-27(24,25)18-12-10-15(3)11-13-18/h5,7-14,20,22H,6H2,1-4H3. The number of carbonyl (C=O) groups excluding carboxylic acids is 1. The molecule has 0 radical (unpaired) electrons. The van der Waals surface area contributed by atoms with Gasteiger partial charge in [0.15, 0.2) is 0 Å². The lowest BCUT2D eigenvalue weighted by Crippen LogP contribution is -2.32. The van der Waals surface area contributed by atoms with Crippen LogP contribution in [-0.4, -0.2) is 21.0 Å². The largest absolute Gasteiger partial charge is 0.463 e. The fourth-order valence-electron chi connectivity index (χ4n) is 2.72. The van der Waals surface area contributed by atoms with Crippen LogP contribution in [0.4, 0.5) is 0 Å². The van der Waals surface area contributed by atoms with Crippen molar-refractivity contribution in [1.82, 2.24) is 4.72 Å². The molecule has 1 atom stereocenters. The molecule has 0 aliphatic carbocycles. The minimum atomic E-state index is -3.84. The van der Waals surface area contributed by atoms with Crippen LogP contribution in [0, 0.1) is 13.8 Å². The Bertz CT molecular complexity index is 931. The lowest BCUT2D eigenvalue weighted by Gasteiger charge is -2.22. The van der Waals surface area contributed by atoms with E-state index in [0.29, 0.717) is 5.56 Å². The van der Waals surface area contributed by atoms with Crippen LogP contribution in [0.2, 0.25) is 0 Å². The minimum absolute atomic E-state index is 0.144. The summed E-state index contributed by atoms with van der Waals surface area (Å²) in [5, 5.41) is 0. The summed E-state index contributed by atoms with van der Waals surface area (Å²) in [5.41, 5.74) is 2.85. The third kappa shape index (κ3) is 5.28. The summed E-state index contributed by atoms with van der Waals surface area (Å²) in [6.45, 7) is 7.41. The first kappa shape index (κ1) is 20.9. The number of hydrogen-bond acceptors (Lipinski definition) is 4. The molecule has 0 aliphatic rings. The minimum Gasteiger partial charge on any atom is -0.463 e. The average molecular weight is 388 g/mol. The van der Waals surface area contributed by atoms with Crippen molar-refractivity contribution in [2.75, 3.05) is 6.61 Å². The summed E-state index contributed by atoms with van der Waals surface area (Å²) in [7, 11) is -3.84. The molecule has 0 aromatic heterocycles. The van der Waals surface area contributed by atoms with Gasteiger partial charge < -0.3 is 4.74 Å². The van der Waals surface area contributed by atoms with Gasteiger partial charge in [-0.25, -0.2) is 13.2 Å². The Kier molecular flexibility index (Phi) is 6.93. The maximum Gasteiger partial charge on any atom is 0.335 e. The van der Waals surface area contributed by atoms with Crippen molar-refractivity contribution >= 4 is 16.0 Å². The van der Waals surface area contributed by atoms with E-state index in [9.17, 15) is 13.2 Å². The van der Waals surface area contributed by atoms with Crippen molar-refractivity contribution in [1.29, 1.82) is 0 Å². The molecule has 0 spiro atoms. The second-order valence-electron chi connectivity index (χ2n) is 6.25. The van der Waals surface area contributed by atoms with Crippen LogP contribution < -0.4 is 4.72 Å². The molecule has 0 heterocycles. The van der Waals surface area contributed by atoms with E-state index in [1.807, 2.05) is 32.0 Å². The van der Waals surface area contributed by atoms with Gasteiger partial charge in [-0.1, -0.05) is 53.6 Å². The Hall–Kier alpha value is -2.44. The summed E-state index contributed by atoms with van der Waals surface area (Å²) in [6, 6.07) is 13.1. The fraction of sp³-hybridized carbons (Fsp3) is 0.286. The third-order valence-corrected chi connectivity index (χ3v) is 5.55. The van der Waals surface area contributed by atoms with Crippen molar-refractivity contribution in [2.45, 2.75) is 38.6 Å². The van der Waals surface area contributed by atoms with E-state index in [1.54, 1.807) is 50.3 Å². The summed E-state index contributed by atoms with van der Waals surface area (Å²) in [6.07, 6.45) is 1.59. The molecule has 144 valence electrons. The highest BCUT2D eigenvalue weighted by atomic mass is 32.2. The molecule has 27 heavy (non-hydrogen) atoms. The van der Waals surface area contributed by atoms with E-state index in [4.69, 9.17) is 4.74 Å². The number of allylic oxidation sites excluding steroid dienone is 1. The predicted octanol–water partition coefficient (Wildman–Crippen LogP) is 3.83. The highest BCUT2D eigenvalue weighted by Crippen LogP contribution is 2.26. The van der Waals surface area contributed by atoms with Crippen molar-refractivity contribution in [2.24, 2.45) is 0 Å². The van der Waals surface area contributed by atoms with E-state index >= 15 is 0 Å². The van der Waals surface area contributed by atoms with Crippen LogP contribution in [0.5, 0.6) is 0 Å². The van der Waals surface area contributed by atoms with E-state index in [-0.39, 0.29) is 17.1 Å². The summed E-state index contributed by atoms with van der Waals surface area (Å²) in [4.78, 5) is 12.6. The predicted molar refractivity (Wildman–Crippen MR) is 106 cm³/mol. The van der Waals surface area contributed by atoms with Gasteiger partial charge in [0.25, 0.3) is 0 Å². The molecule has 2 aromatic carbocycles. The van der Waals surface area contributed by atoms with E-state index in [2.05, 4.69) is 4.72 Å². The number of esters is 1. The Morgan fingerprint density at radius 1 is 1.11 bits per heavy atom. The Balaban J connectivity index is 2.49. The zero-order valence-corrected chi connectivity index (χ0v) is 16.8. The number of nitrogens with one attached hydrogen (secondary N) is 1. The average Bonchev–Trinajstić information content (AvgIpc) is 2.62. The number of hydrogen-bond donors (Lipinski definition) is 1. The van der Waals surface area contributed by atoms with E-state index in [0.717, 1.165) is 11.1 Å². The SMILES string of the molecule is CC=C(C(=O)OCC)C(NS(=O)(=O)c1ccc(C)cc1)c1cccc(C)c1. The quantitative estimate of drug-likeness (QED) is 0.579. The topological polar surface area (TPSA) is 72.5 Å². The van der Waals surface area contributed by atoms with Crippen molar-refractivity contribution in [3.05, 3.63) is 76.9 Å². The van der Waals surface area contributed by atoms with Crippen LogP contribution >= 0.6 is 0 Å². The Morgan fingerprint density at radius 3 is 2.33 bits per heavy atom. The first-order valence-corrected chi connectivity index (χ1v) is 10.3. The molecule has 0 saturated carbocycles. The zero-order valence-electron chi connectivity index (χ0n) is 16.0. The molecule has 1 N–H and O–H groups in total. The van der Waals surface area contributed by atoms with Gasteiger partial charge in [-0.05, 0) is 45.4 Å².